The minimum Gasteiger partial charge on any atom is -0.360 e. The highest BCUT2D eigenvalue weighted by molar-refractivity contribution is 7.07. The molecule has 2 rings (SSSR count). The van der Waals surface area contributed by atoms with Crippen LogP contribution in [0.5, 0.6) is 0 Å². The zero-order valence-electron chi connectivity index (χ0n) is 10.1. The first-order valence-corrected chi connectivity index (χ1v) is 6.32. The third kappa shape index (κ3) is 2.86. The number of carbonyl (C=O) groups excluding carboxylic acids is 1. The van der Waals surface area contributed by atoms with E-state index >= 15 is 0 Å². The van der Waals surface area contributed by atoms with Crippen LogP contribution in [-0.2, 0) is 11.3 Å². The number of aromatic nitrogens is 2. The minimum absolute atomic E-state index is 0.0439. The van der Waals surface area contributed by atoms with Gasteiger partial charge in [0.25, 0.3) is 0 Å². The minimum atomic E-state index is -0.194. The van der Waals surface area contributed by atoms with Crippen LogP contribution in [0, 0.1) is 13.8 Å². The highest BCUT2D eigenvalue weighted by Crippen LogP contribution is 2.08. The van der Waals surface area contributed by atoms with Crippen LogP contribution in [0.2, 0.25) is 0 Å². The van der Waals surface area contributed by atoms with Crippen LogP contribution in [0.15, 0.2) is 20.8 Å². The van der Waals surface area contributed by atoms with E-state index in [9.17, 15) is 9.59 Å². The number of nitrogens with one attached hydrogen (secondary N) is 1. The molecule has 1 amide bonds. The molecule has 18 heavy (non-hydrogen) atoms. The molecule has 0 fully saturated rings. The van der Waals surface area contributed by atoms with Gasteiger partial charge in [-0.15, -0.1) is 0 Å². The number of aryl methyl sites for hydroxylation is 2. The van der Waals surface area contributed by atoms with Crippen LogP contribution >= 0.6 is 11.3 Å². The van der Waals surface area contributed by atoms with E-state index in [1.54, 1.807) is 22.9 Å². The van der Waals surface area contributed by atoms with Crippen molar-refractivity contribution in [2.45, 2.75) is 26.8 Å². The Bertz CT molecular complexity index is 611. The molecule has 0 aromatic carbocycles. The third-order valence-electron chi connectivity index (χ3n) is 2.43. The summed E-state index contributed by atoms with van der Waals surface area (Å²) in [4.78, 5) is 23.0. The lowest BCUT2D eigenvalue weighted by Gasteiger charge is -2.03. The molecule has 7 heteroatoms. The lowest BCUT2D eigenvalue weighted by Crippen LogP contribution is -2.20. The first kappa shape index (κ1) is 12.6. The Hall–Kier alpha value is -1.89. The summed E-state index contributed by atoms with van der Waals surface area (Å²) in [6, 6.07) is 1.64. The molecule has 2 aromatic heterocycles. The summed E-state index contributed by atoms with van der Waals surface area (Å²) in [5.74, 6) is 0.836. The Morgan fingerprint density at radius 2 is 2.33 bits per heavy atom. The second kappa shape index (κ2) is 5.18. The van der Waals surface area contributed by atoms with Gasteiger partial charge in [0.15, 0.2) is 5.82 Å². The van der Waals surface area contributed by atoms with Gasteiger partial charge in [-0.05, 0) is 13.8 Å². The van der Waals surface area contributed by atoms with Gasteiger partial charge in [-0.3, -0.25) is 9.59 Å². The van der Waals surface area contributed by atoms with Gasteiger partial charge < -0.3 is 14.4 Å². The van der Waals surface area contributed by atoms with Crippen molar-refractivity contribution in [1.82, 2.24) is 9.72 Å². The molecule has 0 aliphatic heterocycles. The van der Waals surface area contributed by atoms with Crippen molar-refractivity contribution in [3.8, 4) is 0 Å². The Morgan fingerprint density at radius 1 is 1.56 bits per heavy atom. The van der Waals surface area contributed by atoms with Gasteiger partial charge in [0.2, 0.25) is 5.91 Å². The van der Waals surface area contributed by atoms with E-state index < -0.39 is 0 Å². The topological polar surface area (TPSA) is 77.1 Å². The fourth-order valence-electron chi connectivity index (χ4n) is 1.52. The number of amides is 1. The van der Waals surface area contributed by atoms with Crippen LogP contribution in [0.4, 0.5) is 5.82 Å². The average molecular weight is 267 g/mol. The van der Waals surface area contributed by atoms with Crippen molar-refractivity contribution in [2.75, 3.05) is 5.32 Å². The van der Waals surface area contributed by atoms with Crippen LogP contribution in [0.25, 0.3) is 0 Å². The monoisotopic (exact) mass is 267 g/mol. The van der Waals surface area contributed by atoms with Crippen molar-refractivity contribution >= 4 is 23.1 Å². The van der Waals surface area contributed by atoms with Gasteiger partial charge in [0.05, 0.1) is 0 Å². The Morgan fingerprint density at radius 3 is 2.89 bits per heavy atom. The molecule has 0 saturated heterocycles. The molecule has 0 aliphatic carbocycles. The molecule has 1 N–H and O–H groups in total. The predicted molar refractivity (Wildman–Crippen MR) is 67.8 cm³/mol. The van der Waals surface area contributed by atoms with Crippen LogP contribution in [0.1, 0.15) is 17.9 Å². The van der Waals surface area contributed by atoms with Crippen LogP contribution in [-0.4, -0.2) is 15.6 Å². The maximum atomic E-state index is 11.6. The van der Waals surface area contributed by atoms with Crippen molar-refractivity contribution in [3.05, 3.63) is 32.6 Å². The Kier molecular flexibility index (Phi) is 3.61. The maximum Gasteiger partial charge on any atom is 0.307 e. The fraction of sp³-hybridized carbons (Fsp3) is 0.364. The maximum absolute atomic E-state index is 11.6. The van der Waals surface area contributed by atoms with E-state index in [4.69, 9.17) is 4.52 Å². The molecular formula is C11H13N3O3S. The number of thiazole rings is 1. The number of carbonyl (C=O) groups is 1. The highest BCUT2D eigenvalue weighted by Gasteiger charge is 2.08. The second-order valence-electron chi connectivity index (χ2n) is 3.92. The predicted octanol–water partition coefficient (Wildman–Crippen LogP) is 1.54. The van der Waals surface area contributed by atoms with Gasteiger partial charge in [0.1, 0.15) is 5.76 Å². The molecule has 0 spiro atoms. The number of anilines is 1. The van der Waals surface area contributed by atoms with Gasteiger partial charge in [-0.25, -0.2) is 0 Å². The average Bonchev–Trinajstić information content (AvgIpc) is 2.84. The number of rotatable bonds is 4. The summed E-state index contributed by atoms with van der Waals surface area (Å²) in [6.07, 6.45) is 0.226. The van der Waals surface area contributed by atoms with Crippen LogP contribution < -0.4 is 10.2 Å². The number of hydrogen-bond donors (Lipinski definition) is 1. The fourth-order valence-corrected chi connectivity index (χ4v) is 2.28. The van der Waals surface area contributed by atoms with Crippen molar-refractivity contribution in [1.29, 1.82) is 0 Å². The lowest BCUT2D eigenvalue weighted by atomic mass is 10.3. The van der Waals surface area contributed by atoms with E-state index in [0.29, 0.717) is 18.1 Å². The zero-order chi connectivity index (χ0) is 13.1. The standard InChI is InChI=1S/C11H13N3O3S/c1-7-6-18-11(16)14(7)4-3-10(15)12-9-5-8(2)17-13-9/h5-6H,3-4H2,1-2H3,(H,12,13,15). The van der Waals surface area contributed by atoms with E-state index in [2.05, 4.69) is 10.5 Å². The number of nitrogens with zero attached hydrogens (tertiary/aromatic N) is 2. The zero-order valence-corrected chi connectivity index (χ0v) is 10.9. The summed E-state index contributed by atoms with van der Waals surface area (Å²) < 4.78 is 6.42. The molecule has 0 radical (unpaired) electrons. The molecule has 0 bridgehead atoms. The molecule has 0 aliphatic rings. The summed E-state index contributed by atoms with van der Waals surface area (Å²) >= 11 is 1.14. The van der Waals surface area contributed by atoms with Gasteiger partial charge in [0, 0.05) is 30.1 Å². The second-order valence-corrected chi connectivity index (χ2v) is 4.74. The largest absolute Gasteiger partial charge is 0.360 e. The first-order chi connectivity index (χ1) is 8.56. The van der Waals surface area contributed by atoms with E-state index in [0.717, 1.165) is 17.0 Å². The van der Waals surface area contributed by atoms with Crippen molar-refractivity contribution < 1.29 is 9.32 Å². The van der Waals surface area contributed by atoms with E-state index in [-0.39, 0.29) is 17.2 Å². The molecule has 6 nitrogen and oxygen atoms in total. The summed E-state index contributed by atoms with van der Waals surface area (Å²) in [7, 11) is 0. The molecule has 2 heterocycles. The molecule has 0 saturated carbocycles. The lowest BCUT2D eigenvalue weighted by molar-refractivity contribution is -0.116. The van der Waals surface area contributed by atoms with Gasteiger partial charge >= 0.3 is 4.87 Å². The van der Waals surface area contributed by atoms with Crippen molar-refractivity contribution in [2.24, 2.45) is 0 Å². The molecular weight excluding hydrogens is 254 g/mol. The molecule has 2 aromatic rings. The summed E-state index contributed by atoms with van der Waals surface area (Å²) in [5.41, 5.74) is 0.870. The highest BCUT2D eigenvalue weighted by atomic mass is 32.1. The smallest absolute Gasteiger partial charge is 0.307 e. The SMILES string of the molecule is Cc1cc(NC(=O)CCn2c(C)csc2=O)no1. The quantitative estimate of drug-likeness (QED) is 0.911. The first-order valence-electron chi connectivity index (χ1n) is 5.44. The van der Waals surface area contributed by atoms with Gasteiger partial charge in [-0.2, -0.15) is 0 Å². The van der Waals surface area contributed by atoms with E-state index in [1.165, 1.54) is 0 Å². The molecule has 0 unspecified atom stereocenters. The molecule has 0 atom stereocenters. The van der Waals surface area contributed by atoms with E-state index in [1.807, 2.05) is 6.92 Å². The summed E-state index contributed by atoms with van der Waals surface area (Å²) in [5, 5.41) is 8.05. The van der Waals surface area contributed by atoms with Gasteiger partial charge in [-0.1, -0.05) is 16.5 Å². The number of hydrogen-bond acceptors (Lipinski definition) is 5. The normalized spacial score (nSPS) is 10.6. The Labute approximate surface area is 107 Å². The third-order valence-corrected chi connectivity index (χ3v) is 3.32. The Balaban J connectivity index is 1.91. The van der Waals surface area contributed by atoms with Crippen molar-refractivity contribution in [3.63, 3.8) is 0 Å². The van der Waals surface area contributed by atoms with Crippen LogP contribution in [0.3, 0.4) is 0 Å². The molecule has 96 valence electrons. The summed E-state index contributed by atoms with van der Waals surface area (Å²) in [6.45, 7) is 3.96.